The van der Waals surface area contributed by atoms with Crippen molar-refractivity contribution in [3.8, 4) is 0 Å². The molecule has 1 aliphatic rings. The van der Waals surface area contributed by atoms with Gasteiger partial charge in [0.25, 0.3) is 5.09 Å². The summed E-state index contributed by atoms with van der Waals surface area (Å²) in [5.41, 5.74) is -5.82. The standard InChI is InChI=1S/C6H9N7O9.HNO3/c14-8-9-3-5(10(15)16,11(17)18)1-7-2-6(4-9,12(19)20)13(21)22;2-1(3)4/h7H,1-4H2;(H,2,3,4). The van der Waals surface area contributed by atoms with Crippen molar-refractivity contribution < 1.29 is 30.0 Å². The summed E-state index contributed by atoms with van der Waals surface area (Å²) in [7, 11) is 0. The minimum Gasteiger partial charge on any atom is -0.328 e. The fourth-order valence-electron chi connectivity index (χ4n) is 1.90. The summed E-state index contributed by atoms with van der Waals surface area (Å²) in [6.07, 6.45) is 0. The Balaban J connectivity index is 0.00000141. The van der Waals surface area contributed by atoms with Gasteiger partial charge in [0.1, 0.15) is 32.8 Å². The molecule has 1 fully saturated rings. The van der Waals surface area contributed by atoms with Crippen molar-refractivity contribution in [2.75, 3.05) is 26.2 Å². The zero-order chi connectivity index (χ0) is 20.7. The Kier molecular flexibility index (Phi) is 7.09. The minimum absolute atomic E-state index is 0.0536. The van der Waals surface area contributed by atoms with Crippen LogP contribution in [-0.2, 0) is 0 Å². The van der Waals surface area contributed by atoms with Gasteiger partial charge in [-0.1, -0.05) is 0 Å². The van der Waals surface area contributed by atoms with Crippen molar-refractivity contribution in [1.29, 1.82) is 0 Å². The number of rotatable bonds is 5. The summed E-state index contributed by atoms with van der Waals surface area (Å²) in [5, 5.41) is 61.7. The first-order chi connectivity index (χ1) is 11.9. The molecule has 0 atom stereocenters. The molecule has 146 valence electrons. The van der Waals surface area contributed by atoms with E-state index in [-0.39, 0.29) is 5.01 Å². The van der Waals surface area contributed by atoms with E-state index < -0.39 is 62.3 Å². The highest BCUT2D eigenvalue weighted by molar-refractivity contribution is 4.84. The van der Waals surface area contributed by atoms with Crippen LogP contribution in [-0.4, -0.2) is 72.5 Å². The summed E-state index contributed by atoms with van der Waals surface area (Å²) in [6.45, 7) is -4.62. The summed E-state index contributed by atoms with van der Waals surface area (Å²) in [5.74, 6) is 0. The summed E-state index contributed by atoms with van der Waals surface area (Å²) in [6, 6.07) is 0. The lowest BCUT2D eigenvalue weighted by molar-refractivity contribution is -0.806. The Morgan fingerprint density at radius 2 is 1.08 bits per heavy atom. The first-order valence-corrected chi connectivity index (χ1v) is 6.06. The highest BCUT2D eigenvalue weighted by atomic mass is 16.9. The third-order valence-electron chi connectivity index (χ3n) is 3.16. The van der Waals surface area contributed by atoms with Gasteiger partial charge in [-0.25, -0.2) is 5.01 Å². The van der Waals surface area contributed by atoms with Gasteiger partial charge in [-0.2, -0.15) is 0 Å². The van der Waals surface area contributed by atoms with Crippen molar-refractivity contribution in [2.24, 2.45) is 5.29 Å². The van der Waals surface area contributed by atoms with Crippen LogP contribution < -0.4 is 5.32 Å². The van der Waals surface area contributed by atoms with E-state index in [1.807, 2.05) is 5.32 Å². The third kappa shape index (κ3) is 4.59. The Morgan fingerprint density at radius 3 is 1.27 bits per heavy atom. The van der Waals surface area contributed by atoms with Gasteiger partial charge in [-0.05, 0) is 0 Å². The van der Waals surface area contributed by atoms with Gasteiger partial charge in [0, 0.05) is 0 Å². The van der Waals surface area contributed by atoms with Crippen LogP contribution >= 0.6 is 0 Å². The molecular formula is C6H10N8O12. The molecule has 20 nitrogen and oxygen atoms in total. The summed E-state index contributed by atoms with van der Waals surface area (Å²) >= 11 is 0. The van der Waals surface area contributed by atoms with E-state index in [2.05, 4.69) is 5.29 Å². The van der Waals surface area contributed by atoms with Crippen molar-refractivity contribution in [1.82, 2.24) is 10.3 Å². The second-order valence-electron chi connectivity index (χ2n) is 4.74. The van der Waals surface area contributed by atoms with Crippen LogP contribution in [0.4, 0.5) is 0 Å². The normalized spacial score (nSPS) is 18.1. The molecule has 0 aromatic heterocycles. The summed E-state index contributed by atoms with van der Waals surface area (Å²) in [4.78, 5) is 57.7. The topological polar surface area (TPSA) is 281 Å². The van der Waals surface area contributed by atoms with E-state index in [9.17, 15) is 45.4 Å². The van der Waals surface area contributed by atoms with Gasteiger partial charge in [-0.3, -0.25) is 45.8 Å². The minimum atomic E-state index is -2.91. The van der Waals surface area contributed by atoms with E-state index in [4.69, 9.17) is 15.3 Å². The first-order valence-electron chi connectivity index (χ1n) is 6.06. The fourth-order valence-corrected chi connectivity index (χ4v) is 1.90. The molecule has 0 spiro atoms. The molecule has 20 heteroatoms. The molecule has 2 N–H and O–H groups in total. The average Bonchev–Trinajstić information content (AvgIpc) is 2.45. The molecule has 0 aromatic carbocycles. The Labute approximate surface area is 140 Å². The van der Waals surface area contributed by atoms with Crippen LogP contribution in [0, 0.1) is 55.5 Å². The molecule has 0 aliphatic carbocycles. The quantitative estimate of drug-likeness (QED) is 0.218. The number of nitrogens with one attached hydrogen (secondary N) is 1. The molecule has 1 rings (SSSR count). The Bertz CT molecular complexity index is 547. The maximum absolute atomic E-state index is 11.0. The van der Waals surface area contributed by atoms with Gasteiger partial charge in [-0.15, -0.1) is 15.0 Å². The van der Waals surface area contributed by atoms with Gasteiger partial charge >= 0.3 is 11.3 Å². The van der Waals surface area contributed by atoms with E-state index in [0.717, 1.165) is 0 Å². The molecule has 0 amide bonds. The van der Waals surface area contributed by atoms with Crippen LogP contribution in [0.15, 0.2) is 5.29 Å². The second kappa shape index (κ2) is 8.32. The maximum Gasteiger partial charge on any atom is 0.488 e. The highest BCUT2D eigenvalue weighted by Gasteiger charge is 2.65. The maximum atomic E-state index is 11.0. The van der Waals surface area contributed by atoms with Gasteiger partial charge < -0.3 is 5.21 Å². The number of nitroso groups, excluding NO2 is 1. The van der Waals surface area contributed by atoms with Gasteiger partial charge in [0.15, 0.2) is 13.1 Å². The molecule has 0 saturated carbocycles. The van der Waals surface area contributed by atoms with Crippen molar-refractivity contribution in [3.05, 3.63) is 55.5 Å². The Morgan fingerprint density at radius 1 is 0.808 bits per heavy atom. The molecule has 26 heavy (non-hydrogen) atoms. The molecule has 0 radical (unpaired) electrons. The monoisotopic (exact) mass is 386 g/mol. The van der Waals surface area contributed by atoms with E-state index >= 15 is 0 Å². The van der Waals surface area contributed by atoms with Gasteiger partial charge in [0.2, 0.25) is 0 Å². The fraction of sp³-hybridized carbons (Fsp3) is 1.00. The van der Waals surface area contributed by atoms with Crippen molar-refractivity contribution in [2.45, 2.75) is 11.3 Å². The number of nitro groups is 4. The van der Waals surface area contributed by atoms with E-state index in [1.165, 1.54) is 0 Å². The lowest BCUT2D eigenvalue weighted by atomic mass is 10.1. The second-order valence-corrected chi connectivity index (χ2v) is 4.74. The number of nitrogens with zero attached hydrogens (tertiary/aromatic N) is 7. The molecule has 1 heterocycles. The van der Waals surface area contributed by atoms with Crippen molar-refractivity contribution >= 4 is 0 Å². The Hall–Kier alpha value is -3.84. The molecule has 0 unspecified atom stereocenters. The third-order valence-corrected chi connectivity index (χ3v) is 3.16. The highest BCUT2D eigenvalue weighted by Crippen LogP contribution is 2.21. The molecule has 0 aromatic rings. The number of hydrogen-bond acceptors (Lipinski definition) is 13. The van der Waals surface area contributed by atoms with Crippen LogP contribution in [0.25, 0.3) is 0 Å². The predicted octanol–water partition coefficient (Wildman–Crippen LogP) is -2.28. The SMILES string of the molecule is O=NN1CC([N+](=O)[O-])([N+](=O)[O-])CNCC([N+](=O)[O-])([N+](=O)[O-])C1.O=[N+]([O-])O. The average molecular weight is 386 g/mol. The largest absolute Gasteiger partial charge is 0.488 e. The number of hydrogen-bond donors (Lipinski definition) is 2. The van der Waals surface area contributed by atoms with Crippen LogP contribution in [0.2, 0.25) is 0 Å². The van der Waals surface area contributed by atoms with E-state index in [0.29, 0.717) is 0 Å². The molecule has 1 aliphatic heterocycles. The zero-order valence-electron chi connectivity index (χ0n) is 12.4. The molecule has 1 saturated heterocycles. The van der Waals surface area contributed by atoms with Crippen LogP contribution in [0.5, 0.6) is 0 Å². The van der Waals surface area contributed by atoms with E-state index in [1.54, 1.807) is 0 Å². The smallest absolute Gasteiger partial charge is 0.328 e. The van der Waals surface area contributed by atoms with Gasteiger partial charge in [0.05, 0.1) is 5.29 Å². The molecular weight excluding hydrogens is 376 g/mol. The van der Waals surface area contributed by atoms with Crippen molar-refractivity contribution in [3.63, 3.8) is 0 Å². The van der Waals surface area contributed by atoms with Crippen LogP contribution in [0.1, 0.15) is 0 Å². The zero-order valence-corrected chi connectivity index (χ0v) is 12.4. The van der Waals surface area contributed by atoms with Crippen LogP contribution in [0.3, 0.4) is 0 Å². The molecule has 0 bridgehead atoms. The first kappa shape index (κ1) is 22.2. The predicted molar refractivity (Wildman–Crippen MR) is 72.5 cm³/mol. The lowest BCUT2D eigenvalue weighted by Crippen LogP contribution is -2.68. The lowest BCUT2D eigenvalue weighted by Gasteiger charge is -2.28. The summed E-state index contributed by atoms with van der Waals surface area (Å²) < 4.78 is 0.